The summed E-state index contributed by atoms with van der Waals surface area (Å²) in [5, 5.41) is 12.7. The second-order valence-electron chi connectivity index (χ2n) is 6.54. The second kappa shape index (κ2) is 7.08. The first kappa shape index (κ1) is 16.6. The zero-order valence-electron chi connectivity index (χ0n) is 14.5. The molecular weight excluding hydrogens is 308 g/mol. The summed E-state index contributed by atoms with van der Waals surface area (Å²) >= 11 is 0. The van der Waals surface area contributed by atoms with Crippen molar-refractivity contribution < 1.29 is 4.79 Å². The zero-order chi connectivity index (χ0) is 17.1. The van der Waals surface area contributed by atoms with Crippen LogP contribution in [0.3, 0.4) is 0 Å². The molecule has 0 N–H and O–H groups in total. The Morgan fingerprint density at radius 2 is 2.21 bits per heavy atom. The summed E-state index contributed by atoms with van der Waals surface area (Å²) in [5.41, 5.74) is 0. The highest BCUT2D eigenvalue weighted by atomic mass is 16.2. The number of carbonyl (C=O) groups excluding carboxylic acids is 1. The minimum atomic E-state index is 0.0703. The summed E-state index contributed by atoms with van der Waals surface area (Å²) < 4.78 is 3.62. The van der Waals surface area contributed by atoms with Gasteiger partial charge in [0.25, 0.3) is 0 Å². The Kier molecular flexibility index (Phi) is 4.89. The lowest BCUT2D eigenvalue weighted by Crippen LogP contribution is -2.41. The first-order chi connectivity index (χ1) is 11.5. The Morgan fingerprint density at radius 1 is 1.38 bits per heavy atom. The third kappa shape index (κ3) is 3.61. The van der Waals surface area contributed by atoms with Crippen molar-refractivity contribution in [3.05, 3.63) is 24.3 Å². The van der Waals surface area contributed by atoms with Gasteiger partial charge in [0.15, 0.2) is 0 Å². The normalized spacial score (nSPS) is 18.3. The number of piperidine rings is 1. The number of aromatic nitrogens is 6. The van der Waals surface area contributed by atoms with Crippen LogP contribution in [-0.2, 0) is 24.9 Å². The Bertz CT molecular complexity index is 678. The fraction of sp³-hybridized carbons (Fsp3) is 0.667. The fourth-order valence-electron chi connectivity index (χ4n) is 3.12. The smallest absolute Gasteiger partial charge is 0.244 e. The average molecular weight is 332 g/mol. The van der Waals surface area contributed by atoms with Gasteiger partial charge in [-0.15, -0.1) is 10.2 Å². The van der Waals surface area contributed by atoms with Gasteiger partial charge in [-0.2, -0.15) is 5.10 Å². The van der Waals surface area contributed by atoms with E-state index in [1.165, 1.54) is 6.33 Å². The lowest BCUT2D eigenvalue weighted by Gasteiger charge is -2.32. The van der Waals surface area contributed by atoms with Gasteiger partial charge >= 0.3 is 0 Å². The summed E-state index contributed by atoms with van der Waals surface area (Å²) in [6.07, 6.45) is 5.01. The van der Waals surface area contributed by atoms with Gasteiger partial charge in [0, 0.05) is 26.1 Å². The summed E-state index contributed by atoms with van der Waals surface area (Å²) in [4.78, 5) is 20.3. The molecule has 1 fully saturated rings. The molecule has 2 aromatic rings. The number of rotatable bonds is 5. The van der Waals surface area contributed by atoms with Crippen LogP contribution in [0.15, 0.2) is 12.7 Å². The molecule has 0 aliphatic carbocycles. The molecule has 1 aliphatic heterocycles. The third-order valence-electron chi connectivity index (χ3n) is 4.36. The van der Waals surface area contributed by atoms with Crippen LogP contribution in [0, 0.1) is 0 Å². The van der Waals surface area contributed by atoms with E-state index in [2.05, 4.69) is 29.7 Å². The van der Waals surface area contributed by atoms with Gasteiger partial charge < -0.3 is 14.4 Å². The molecule has 3 heterocycles. The Balaban J connectivity index is 1.67. The van der Waals surface area contributed by atoms with E-state index >= 15 is 0 Å². The SMILES string of the molecule is CN(C)Cc1nnc([C@@H]2CCCN(C(=O)Cn3cncn3)C2)n1C. The van der Waals surface area contributed by atoms with Crippen LogP contribution in [0.5, 0.6) is 0 Å². The molecule has 130 valence electrons. The maximum absolute atomic E-state index is 12.5. The zero-order valence-corrected chi connectivity index (χ0v) is 14.5. The molecule has 9 heteroatoms. The van der Waals surface area contributed by atoms with Gasteiger partial charge in [-0.25, -0.2) is 9.67 Å². The van der Waals surface area contributed by atoms with Crippen LogP contribution in [0.25, 0.3) is 0 Å². The highest BCUT2D eigenvalue weighted by Crippen LogP contribution is 2.26. The monoisotopic (exact) mass is 332 g/mol. The first-order valence-electron chi connectivity index (χ1n) is 8.17. The Labute approximate surface area is 141 Å². The van der Waals surface area contributed by atoms with E-state index in [0.29, 0.717) is 6.54 Å². The van der Waals surface area contributed by atoms with Crippen LogP contribution in [0.2, 0.25) is 0 Å². The van der Waals surface area contributed by atoms with Crippen LogP contribution in [0.1, 0.15) is 30.4 Å². The van der Waals surface area contributed by atoms with Crippen molar-refractivity contribution >= 4 is 5.91 Å². The lowest BCUT2D eigenvalue weighted by atomic mass is 9.97. The van der Waals surface area contributed by atoms with Crippen molar-refractivity contribution in [3.63, 3.8) is 0 Å². The van der Waals surface area contributed by atoms with E-state index in [-0.39, 0.29) is 18.4 Å². The molecule has 1 amide bonds. The molecule has 1 aliphatic rings. The molecule has 1 saturated heterocycles. The number of nitrogens with zero attached hydrogens (tertiary/aromatic N) is 8. The number of likely N-dealkylation sites (tertiary alicyclic amines) is 1. The molecule has 24 heavy (non-hydrogen) atoms. The van der Waals surface area contributed by atoms with Crippen molar-refractivity contribution in [1.29, 1.82) is 0 Å². The van der Waals surface area contributed by atoms with E-state index in [0.717, 1.165) is 37.6 Å². The molecule has 3 rings (SSSR count). The van der Waals surface area contributed by atoms with Crippen molar-refractivity contribution in [2.75, 3.05) is 27.2 Å². The van der Waals surface area contributed by atoms with E-state index in [1.54, 1.807) is 11.0 Å². The number of carbonyl (C=O) groups is 1. The largest absolute Gasteiger partial charge is 0.340 e. The van der Waals surface area contributed by atoms with Crippen LogP contribution in [0.4, 0.5) is 0 Å². The van der Waals surface area contributed by atoms with Gasteiger partial charge in [-0.05, 0) is 26.9 Å². The minimum absolute atomic E-state index is 0.0703. The molecule has 1 atom stereocenters. The molecule has 0 radical (unpaired) electrons. The standard InChI is InChI=1S/C15H24N8O/c1-20(2)8-13-18-19-15(21(13)3)12-5-4-6-22(7-12)14(24)9-23-11-16-10-17-23/h10-12H,4-9H2,1-3H3/t12-/m1/s1. The quantitative estimate of drug-likeness (QED) is 0.758. The van der Waals surface area contributed by atoms with Gasteiger partial charge in [0.05, 0.1) is 6.54 Å². The number of hydrogen-bond donors (Lipinski definition) is 0. The van der Waals surface area contributed by atoms with E-state index in [9.17, 15) is 4.79 Å². The highest BCUT2D eigenvalue weighted by Gasteiger charge is 2.28. The Hall–Kier alpha value is -2.29. The van der Waals surface area contributed by atoms with Crippen molar-refractivity contribution in [3.8, 4) is 0 Å². The van der Waals surface area contributed by atoms with E-state index in [1.807, 2.05) is 26.0 Å². The Morgan fingerprint density at radius 3 is 2.92 bits per heavy atom. The topological polar surface area (TPSA) is 85.0 Å². The van der Waals surface area contributed by atoms with Crippen LogP contribution >= 0.6 is 0 Å². The van der Waals surface area contributed by atoms with Crippen molar-refractivity contribution in [2.45, 2.75) is 31.8 Å². The number of hydrogen-bond acceptors (Lipinski definition) is 6. The lowest BCUT2D eigenvalue weighted by molar-refractivity contribution is -0.133. The maximum atomic E-state index is 12.5. The predicted molar refractivity (Wildman–Crippen MR) is 87.0 cm³/mol. The molecule has 0 saturated carbocycles. The van der Waals surface area contributed by atoms with Crippen LogP contribution < -0.4 is 0 Å². The molecule has 0 aromatic carbocycles. The second-order valence-corrected chi connectivity index (χ2v) is 6.54. The van der Waals surface area contributed by atoms with Gasteiger partial charge in [-0.1, -0.05) is 0 Å². The molecule has 0 unspecified atom stereocenters. The van der Waals surface area contributed by atoms with Crippen molar-refractivity contribution in [1.82, 2.24) is 39.3 Å². The minimum Gasteiger partial charge on any atom is -0.340 e. The third-order valence-corrected chi connectivity index (χ3v) is 4.36. The molecule has 0 bridgehead atoms. The van der Waals surface area contributed by atoms with Crippen molar-refractivity contribution in [2.24, 2.45) is 7.05 Å². The maximum Gasteiger partial charge on any atom is 0.244 e. The van der Waals surface area contributed by atoms with Gasteiger partial charge in [0.1, 0.15) is 30.8 Å². The summed E-state index contributed by atoms with van der Waals surface area (Å²) in [5.74, 6) is 2.21. The predicted octanol–water partition coefficient (Wildman–Crippen LogP) is -0.126. The molecule has 2 aromatic heterocycles. The van der Waals surface area contributed by atoms with Crippen LogP contribution in [-0.4, -0.2) is 72.4 Å². The molecular formula is C15H24N8O. The van der Waals surface area contributed by atoms with E-state index in [4.69, 9.17) is 0 Å². The first-order valence-corrected chi connectivity index (χ1v) is 8.17. The summed E-state index contributed by atoms with van der Waals surface area (Å²) in [7, 11) is 6.03. The molecule has 0 spiro atoms. The molecule has 9 nitrogen and oxygen atoms in total. The summed E-state index contributed by atoms with van der Waals surface area (Å²) in [6, 6.07) is 0. The summed E-state index contributed by atoms with van der Waals surface area (Å²) in [6.45, 7) is 2.45. The highest BCUT2D eigenvalue weighted by molar-refractivity contribution is 5.76. The fourth-order valence-corrected chi connectivity index (χ4v) is 3.12. The number of amides is 1. The average Bonchev–Trinajstić information content (AvgIpc) is 3.18. The van der Waals surface area contributed by atoms with Gasteiger partial charge in [0.2, 0.25) is 5.91 Å². The van der Waals surface area contributed by atoms with E-state index < -0.39 is 0 Å². The van der Waals surface area contributed by atoms with Gasteiger partial charge in [-0.3, -0.25) is 4.79 Å².